The number of para-hydroxylation sites is 1. The van der Waals surface area contributed by atoms with E-state index < -0.39 is 23.3 Å². The Morgan fingerprint density at radius 3 is 2.30 bits per heavy atom. The van der Waals surface area contributed by atoms with Gasteiger partial charge in [0.2, 0.25) is 11.8 Å². The second kappa shape index (κ2) is 8.15. The van der Waals surface area contributed by atoms with Crippen LogP contribution in [0.25, 0.3) is 6.08 Å². The number of nitrogens with zero attached hydrogens (tertiary/aromatic N) is 4. The van der Waals surface area contributed by atoms with Crippen molar-refractivity contribution < 1.29 is 14.4 Å². The van der Waals surface area contributed by atoms with Gasteiger partial charge in [0.1, 0.15) is 0 Å². The minimum absolute atomic E-state index is 0.303. The van der Waals surface area contributed by atoms with E-state index in [0.29, 0.717) is 19.5 Å². The van der Waals surface area contributed by atoms with Gasteiger partial charge in [0.05, 0.1) is 6.04 Å². The van der Waals surface area contributed by atoms with Crippen molar-refractivity contribution in [3.05, 3.63) is 71.8 Å². The molecular weight excluding hydrogens is 416 g/mol. The Hall–Kier alpha value is -3.45. The van der Waals surface area contributed by atoms with Gasteiger partial charge in [0.15, 0.2) is 5.41 Å². The van der Waals surface area contributed by atoms with Gasteiger partial charge in [-0.3, -0.25) is 24.3 Å². The van der Waals surface area contributed by atoms with Crippen LogP contribution in [0.5, 0.6) is 0 Å². The van der Waals surface area contributed by atoms with Crippen molar-refractivity contribution >= 4 is 29.6 Å². The predicted octanol–water partition coefficient (Wildman–Crippen LogP) is 2.48. The maximum Gasteiger partial charge on any atom is 0.332 e. The highest BCUT2D eigenvalue weighted by molar-refractivity contribution is 6.20. The summed E-state index contributed by atoms with van der Waals surface area (Å²) in [4.78, 5) is 46.5. The van der Waals surface area contributed by atoms with Crippen LogP contribution >= 0.6 is 0 Å². The van der Waals surface area contributed by atoms with Crippen molar-refractivity contribution in [1.29, 1.82) is 0 Å². The van der Waals surface area contributed by atoms with E-state index in [2.05, 4.69) is 40.2 Å². The zero-order chi connectivity index (χ0) is 23.2. The number of rotatable bonds is 3. The van der Waals surface area contributed by atoms with E-state index in [-0.39, 0.29) is 6.04 Å². The zero-order valence-corrected chi connectivity index (χ0v) is 19.0. The molecule has 1 atom stereocenters. The van der Waals surface area contributed by atoms with E-state index in [1.807, 2.05) is 36.4 Å². The van der Waals surface area contributed by atoms with Crippen molar-refractivity contribution in [2.24, 2.45) is 5.41 Å². The number of anilines is 1. The highest BCUT2D eigenvalue weighted by Gasteiger charge is 2.63. The molecule has 0 N–H and O–H groups in total. The van der Waals surface area contributed by atoms with Crippen molar-refractivity contribution in [2.45, 2.75) is 12.5 Å². The summed E-state index contributed by atoms with van der Waals surface area (Å²) in [7, 11) is 2.95. The molecule has 3 heterocycles. The number of imide groups is 2. The summed E-state index contributed by atoms with van der Waals surface area (Å²) >= 11 is 0. The molecule has 7 heteroatoms. The number of amides is 4. The Balaban J connectivity index is 1.49. The lowest BCUT2D eigenvalue weighted by Gasteiger charge is -2.56. The first-order chi connectivity index (χ1) is 15.9. The Morgan fingerprint density at radius 1 is 0.909 bits per heavy atom. The van der Waals surface area contributed by atoms with Gasteiger partial charge in [0, 0.05) is 46.0 Å². The lowest BCUT2D eigenvalue weighted by molar-refractivity contribution is -0.160. The molecule has 0 radical (unpaired) electrons. The molecule has 0 saturated carbocycles. The number of hydrogen-bond acceptors (Lipinski definition) is 5. The summed E-state index contributed by atoms with van der Waals surface area (Å²) < 4.78 is 0. The van der Waals surface area contributed by atoms with Crippen LogP contribution in [0.3, 0.4) is 0 Å². The predicted molar refractivity (Wildman–Crippen MR) is 127 cm³/mol. The second-order valence-electron chi connectivity index (χ2n) is 9.07. The minimum atomic E-state index is -1.31. The fraction of sp³-hybridized carbons (Fsp3) is 0.346. The Bertz CT molecular complexity index is 1110. The molecule has 2 aromatic carbocycles. The average molecular weight is 445 g/mol. The fourth-order valence-electron chi connectivity index (χ4n) is 5.50. The number of piperazine rings is 1. The number of urea groups is 1. The maximum absolute atomic E-state index is 13.6. The summed E-state index contributed by atoms with van der Waals surface area (Å²) in [6.45, 7) is 2.84. The summed E-state index contributed by atoms with van der Waals surface area (Å²) in [5.74, 6) is -0.802. The van der Waals surface area contributed by atoms with Gasteiger partial charge >= 0.3 is 6.03 Å². The molecule has 0 unspecified atom stereocenters. The molecule has 0 aromatic heterocycles. The van der Waals surface area contributed by atoms with E-state index >= 15 is 0 Å². The zero-order valence-electron chi connectivity index (χ0n) is 19.0. The molecule has 1 spiro atoms. The lowest BCUT2D eigenvalue weighted by Crippen LogP contribution is -2.74. The van der Waals surface area contributed by atoms with Crippen LogP contribution in [0, 0.1) is 5.41 Å². The summed E-state index contributed by atoms with van der Waals surface area (Å²) in [6.07, 6.45) is 4.52. The number of barbiturate groups is 1. The highest BCUT2D eigenvalue weighted by atomic mass is 16.2. The van der Waals surface area contributed by atoms with Crippen LogP contribution in [0.15, 0.2) is 60.7 Å². The summed E-state index contributed by atoms with van der Waals surface area (Å²) in [5, 5.41) is 0. The third-order valence-corrected chi connectivity index (χ3v) is 7.22. The number of carbonyl (C=O) groups excluding carboxylic acids is 3. The molecule has 3 aliphatic heterocycles. The van der Waals surface area contributed by atoms with Crippen LogP contribution < -0.4 is 4.90 Å². The first-order valence-corrected chi connectivity index (χ1v) is 11.3. The van der Waals surface area contributed by atoms with Gasteiger partial charge in [-0.1, -0.05) is 60.7 Å². The topological polar surface area (TPSA) is 64.2 Å². The lowest BCUT2D eigenvalue weighted by atomic mass is 9.67. The summed E-state index contributed by atoms with van der Waals surface area (Å²) in [5.41, 5.74) is 1.88. The third-order valence-electron chi connectivity index (χ3n) is 7.22. The number of hydrogen-bond donors (Lipinski definition) is 0. The summed E-state index contributed by atoms with van der Waals surface area (Å²) in [6, 6.07) is 17.2. The third kappa shape index (κ3) is 3.35. The molecule has 2 saturated heterocycles. The van der Waals surface area contributed by atoms with Gasteiger partial charge < -0.3 is 4.90 Å². The van der Waals surface area contributed by atoms with Gasteiger partial charge in [0.25, 0.3) is 0 Å². The Labute approximate surface area is 193 Å². The van der Waals surface area contributed by atoms with Crippen molar-refractivity contribution in [3.8, 4) is 0 Å². The number of fused-ring (bicyclic) bond motifs is 4. The molecule has 170 valence electrons. The van der Waals surface area contributed by atoms with Crippen LogP contribution in [-0.2, 0) is 16.0 Å². The Kier molecular flexibility index (Phi) is 5.29. The van der Waals surface area contributed by atoms with Crippen LogP contribution in [0.2, 0.25) is 0 Å². The van der Waals surface area contributed by atoms with E-state index in [1.54, 1.807) is 0 Å². The Morgan fingerprint density at radius 2 is 1.58 bits per heavy atom. The van der Waals surface area contributed by atoms with Crippen molar-refractivity contribution in [3.63, 3.8) is 0 Å². The molecule has 4 amide bonds. The van der Waals surface area contributed by atoms with Gasteiger partial charge in [-0.15, -0.1) is 0 Å². The van der Waals surface area contributed by atoms with E-state index in [1.165, 1.54) is 14.1 Å². The highest BCUT2D eigenvalue weighted by Crippen LogP contribution is 2.46. The maximum atomic E-state index is 13.6. The van der Waals surface area contributed by atoms with Gasteiger partial charge in [-0.25, -0.2) is 4.79 Å². The van der Waals surface area contributed by atoms with E-state index in [4.69, 9.17) is 0 Å². The van der Waals surface area contributed by atoms with Crippen molar-refractivity contribution in [1.82, 2.24) is 14.7 Å². The minimum Gasteiger partial charge on any atom is -0.364 e. The molecule has 7 nitrogen and oxygen atoms in total. The standard InChI is InChI=1S/C26H28N4O3/c1-27-23(31)26(24(32)28(2)25(27)33)17-20-12-6-7-13-21(20)30-16-15-29(18-22(26)30)14-8-11-19-9-4-3-5-10-19/h3-13,22H,14-18H2,1-2H3/b11-8+/t22-/m0/s1. The molecule has 0 aliphatic carbocycles. The monoisotopic (exact) mass is 444 g/mol. The van der Waals surface area contributed by atoms with Crippen molar-refractivity contribution in [2.75, 3.05) is 45.2 Å². The van der Waals surface area contributed by atoms with Crippen LogP contribution in [-0.4, -0.2) is 78.9 Å². The molecule has 5 rings (SSSR count). The fourth-order valence-corrected chi connectivity index (χ4v) is 5.50. The molecule has 3 aliphatic rings. The molecular formula is C26H28N4O3. The largest absolute Gasteiger partial charge is 0.364 e. The normalized spacial score (nSPS) is 22.8. The van der Waals surface area contributed by atoms with E-state index in [9.17, 15) is 14.4 Å². The SMILES string of the molecule is CN1C(=O)N(C)C(=O)C2(Cc3ccccc3N3CCN(C/C=C/c4ccccc4)C[C@H]32)C1=O. The number of carbonyl (C=O) groups is 3. The molecule has 2 aromatic rings. The number of benzene rings is 2. The first kappa shape index (κ1) is 21.4. The van der Waals surface area contributed by atoms with Crippen LogP contribution in [0.1, 0.15) is 11.1 Å². The second-order valence-corrected chi connectivity index (χ2v) is 9.07. The van der Waals surface area contributed by atoms with Gasteiger partial charge in [-0.05, 0) is 23.6 Å². The molecule has 2 fully saturated rings. The first-order valence-electron chi connectivity index (χ1n) is 11.3. The molecule has 0 bridgehead atoms. The average Bonchev–Trinajstić information content (AvgIpc) is 2.85. The molecule has 33 heavy (non-hydrogen) atoms. The quantitative estimate of drug-likeness (QED) is 0.681. The van der Waals surface area contributed by atoms with Gasteiger partial charge in [-0.2, -0.15) is 0 Å². The van der Waals surface area contributed by atoms with E-state index in [0.717, 1.165) is 39.7 Å². The van der Waals surface area contributed by atoms with Crippen LogP contribution in [0.4, 0.5) is 10.5 Å². The smallest absolute Gasteiger partial charge is 0.332 e.